The Bertz CT molecular complexity index is 759. The van der Waals surface area contributed by atoms with Gasteiger partial charge in [0.25, 0.3) is 5.91 Å². The van der Waals surface area contributed by atoms with Crippen LogP contribution in [0.4, 0.5) is 0 Å². The third kappa shape index (κ3) is 5.73. The first kappa shape index (κ1) is 22.3. The quantitative estimate of drug-likeness (QED) is 0.816. The highest BCUT2D eigenvalue weighted by molar-refractivity contribution is 5.94. The Morgan fingerprint density at radius 3 is 2.14 bits per heavy atom. The van der Waals surface area contributed by atoms with Crippen LogP contribution in [0.1, 0.15) is 55.1 Å². The monoisotopic (exact) mass is 402 g/mol. The summed E-state index contributed by atoms with van der Waals surface area (Å²) < 4.78 is 5.88. The number of halogens is 1. The van der Waals surface area contributed by atoms with Gasteiger partial charge in [0.05, 0.1) is 0 Å². The fourth-order valence-corrected chi connectivity index (χ4v) is 3.25. The van der Waals surface area contributed by atoms with Crippen LogP contribution in [0.15, 0.2) is 48.5 Å². The van der Waals surface area contributed by atoms with E-state index in [9.17, 15) is 4.79 Å². The molecule has 0 atom stereocenters. The Balaban J connectivity index is 0.00000280. The van der Waals surface area contributed by atoms with Crippen molar-refractivity contribution < 1.29 is 9.53 Å². The van der Waals surface area contributed by atoms with Crippen LogP contribution in [0.3, 0.4) is 0 Å². The molecule has 3 rings (SSSR count). The van der Waals surface area contributed by atoms with Gasteiger partial charge in [0.1, 0.15) is 12.4 Å². The van der Waals surface area contributed by atoms with Gasteiger partial charge in [-0.05, 0) is 53.6 Å². The van der Waals surface area contributed by atoms with Crippen molar-refractivity contribution in [1.29, 1.82) is 0 Å². The number of benzene rings is 2. The molecule has 2 aromatic rings. The highest BCUT2D eigenvalue weighted by Crippen LogP contribution is 2.24. The van der Waals surface area contributed by atoms with Crippen molar-refractivity contribution in [3.05, 3.63) is 65.2 Å². The van der Waals surface area contributed by atoms with E-state index in [4.69, 9.17) is 10.5 Å². The van der Waals surface area contributed by atoms with Crippen LogP contribution in [-0.4, -0.2) is 29.9 Å². The molecule has 5 heteroatoms. The summed E-state index contributed by atoms with van der Waals surface area (Å²) in [5.41, 5.74) is 9.12. The predicted octanol–water partition coefficient (Wildman–Crippen LogP) is 4.55. The molecule has 1 aliphatic heterocycles. The van der Waals surface area contributed by atoms with Gasteiger partial charge in [-0.15, -0.1) is 12.4 Å². The molecular weight excluding hydrogens is 372 g/mol. The summed E-state index contributed by atoms with van der Waals surface area (Å²) in [7, 11) is 0. The van der Waals surface area contributed by atoms with Crippen LogP contribution in [-0.2, 0) is 12.0 Å². The molecule has 0 aliphatic carbocycles. The third-order valence-corrected chi connectivity index (χ3v) is 5.15. The summed E-state index contributed by atoms with van der Waals surface area (Å²) in [4.78, 5) is 14.5. The van der Waals surface area contributed by atoms with E-state index >= 15 is 0 Å². The normalized spacial score (nSPS) is 15.1. The van der Waals surface area contributed by atoms with Gasteiger partial charge in [0.15, 0.2) is 0 Å². The van der Waals surface area contributed by atoms with E-state index in [1.165, 1.54) is 5.56 Å². The molecule has 152 valence electrons. The molecule has 2 aromatic carbocycles. The van der Waals surface area contributed by atoms with E-state index in [1.54, 1.807) is 0 Å². The van der Waals surface area contributed by atoms with Crippen LogP contribution in [0, 0.1) is 0 Å². The second-order valence-electron chi connectivity index (χ2n) is 8.39. The highest BCUT2D eigenvalue weighted by Gasteiger charge is 2.21. The number of nitrogens with zero attached hydrogens (tertiary/aromatic N) is 1. The Kier molecular flexibility index (Phi) is 7.50. The van der Waals surface area contributed by atoms with E-state index in [2.05, 4.69) is 32.9 Å². The fraction of sp³-hybridized carbons (Fsp3) is 0.435. The van der Waals surface area contributed by atoms with Crippen LogP contribution in [0.25, 0.3) is 0 Å². The largest absolute Gasteiger partial charge is 0.489 e. The van der Waals surface area contributed by atoms with Gasteiger partial charge >= 0.3 is 0 Å². The van der Waals surface area contributed by atoms with Gasteiger partial charge in [0, 0.05) is 24.7 Å². The van der Waals surface area contributed by atoms with Crippen molar-refractivity contribution in [2.24, 2.45) is 5.73 Å². The van der Waals surface area contributed by atoms with Gasteiger partial charge in [-0.25, -0.2) is 0 Å². The Morgan fingerprint density at radius 1 is 1.04 bits per heavy atom. The maximum absolute atomic E-state index is 12.6. The summed E-state index contributed by atoms with van der Waals surface area (Å²) in [6.07, 6.45) is 1.76. The molecular formula is C23H31ClN2O2. The van der Waals surface area contributed by atoms with Gasteiger partial charge in [-0.3, -0.25) is 4.79 Å². The molecule has 1 saturated heterocycles. The maximum Gasteiger partial charge on any atom is 0.253 e. The predicted molar refractivity (Wildman–Crippen MR) is 116 cm³/mol. The zero-order valence-electron chi connectivity index (χ0n) is 17.0. The number of amides is 1. The van der Waals surface area contributed by atoms with E-state index in [1.807, 2.05) is 41.3 Å². The van der Waals surface area contributed by atoms with E-state index in [0.717, 1.165) is 42.8 Å². The molecule has 28 heavy (non-hydrogen) atoms. The van der Waals surface area contributed by atoms with Crippen LogP contribution in [0.5, 0.6) is 5.75 Å². The number of hydrogen-bond donors (Lipinski definition) is 1. The average molecular weight is 403 g/mol. The van der Waals surface area contributed by atoms with Gasteiger partial charge in [-0.2, -0.15) is 0 Å². The Hall–Kier alpha value is -2.04. The zero-order valence-corrected chi connectivity index (χ0v) is 17.8. The van der Waals surface area contributed by atoms with Gasteiger partial charge < -0.3 is 15.4 Å². The maximum atomic E-state index is 12.6. The van der Waals surface area contributed by atoms with Crippen LogP contribution >= 0.6 is 12.4 Å². The summed E-state index contributed by atoms with van der Waals surface area (Å²) in [5.74, 6) is 0.944. The Labute approximate surface area is 174 Å². The van der Waals surface area contributed by atoms with Crippen molar-refractivity contribution in [2.75, 3.05) is 13.1 Å². The summed E-state index contributed by atoms with van der Waals surface area (Å²) in [6.45, 7) is 8.57. The van der Waals surface area contributed by atoms with Crippen LogP contribution < -0.4 is 10.5 Å². The van der Waals surface area contributed by atoms with Gasteiger partial charge in [0.2, 0.25) is 0 Å². The number of carbonyl (C=O) groups excluding carboxylic acids is 1. The Morgan fingerprint density at radius 2 is 1.61 bits per heavy atom. The molecule has 1 aliphatic rings. The topological polar surface area (TPSA) is 55.6 Å². The lowest BCUT2D eigenvalue weighted by Crippen LogP contribution is -2.42. The van der Waals surface area contributed by atoms with Crippen molar-refractivity contribution in [3.8, 4) is 5.75 Å². The molecule has 0 saturated carbocycles. The molecule has 0 bridgehead atoms. The lowest BCUT2D eigenvalue weighted by molar-refractivity contribution is 0.0714. The fourth-order valence-electron chi connectivity index (χ4n) is 3.25. The molecule has 1 amide bonds. The first-order chi connectivity index (χ1) is 12.8. The number of ether oxygens (including phenoxy) is 1. The summed E-state index contributed by atoms with van der Waals surface area (Å²) in [6, 6.07) is 16.2. The number of rotatable bonds is 4. The second kappa shape index (κ2) is 9.44. The molecule has 1 fully saturated rings. The summed E-state index contributed by atoms with van der Waals surface area (Å²) in [5, 5.41) is 0. The molecule has 0 radical (unpaired) electrons. The minimum absolute atomic E-state index is 0. The lowest BCUT2D eigenvalue weighted by Gasteiger charge is -2.30. The smallest absolute Gasteiger partial charge is 0.253 e. The third-order valence-electron chi connectivity index (χ3n) is 5.15. The minimum Gasteiger partial charge on any atom is -0.489 e. The second-order valence-corrected chi connectivity index (χ2v) is 8.39. The molecule has 0 unspecified atom stereocenters. The molecule has 0 aromatic heterocycles. The number of nitrogens with two attached hydrogens (primary N) is 1. The minimum atomic E-state index is 0. The molecule has 0 spiro atoms. The average Bonchev–Trinajstić information content (AvgIpc) is 2.66. The van der Waals surface area contributed by atoms with E-state index in [0.29, 0.717) is 6.61 Å². The number of piperidine rings is 1. The molecule has 4 nitrogen and oxygen atoms in total. The van der Waals surface area contributed by atoms with E-state index in [-0.39, 0.29) is 29.8 Å². The number of hydrogen-bond acceptors (Lipinski definition) is 3. The standard InChI is InChI=1S/C23H30N2O2.ClH/c1-23(2,3)19-8-10-21(11-9-19)27-16-17-4-6-18(7-5-17)22(26)25-14-12-20(24)13-15-25;/h4-11,20H,12-16,24H2,1-3H3;1H. The van der Waals surface area contributed by atoms with Crippen molar-refractivity contribution >= 4 is 18.3 Å². The van der Waals surface area contributed by atoms with Crippen molar-refractivity contribution in [2.45, 2.75) is 51.7 Å². The number of carbonyl (C=O) groups is 1. The molecule has 1 heterocycles. The van der Waals surface area contributed by atoms with E-state index < -0.39 is 0 Å². The number of likely N-dealkylation sites (tertiary alicyclic amines) is 1. The lowest BCUT2D eigenvalue weighted by atomic mass is 9.87. The first-order valence-corrected chi connectivity index (χ1v) is 9.70. The zero-order chi connectivity index (χ0) is 19.4. The molecule has 2 N–H and O–H groups in total. The van der Waals surface area contributed by atoms with Crippen molar-refractivity contribution in [1.82, 2.24) is 4.90 Å². The van der Waals surface area contributed by atoms with Gasteiger partial charge in [-0.1, -0.05) is 45.0 Å². The highest BCUT2D eigenvalue weighted by atomic mass is 35.5. The van der Waals surface area contributed by atoms with Crippen molar-refractivity contribution in [3.63, 3.8) is 0 Å². The van der Waals surface area contributed by atoms with Crippen LogP contribution in [0.2, 0.25) is 0 Å². The summed E-state index contributed by atoms with van der Waals surface area (Å²) >= 11 is 0. The first-order valence-electron chi connectivity index (χ1n) is 9.70. The SMILES string of the molecule is CC(C)(C)c1ccc(OCc2ccc(C(=O)N3CCC(N)CC3)cc2)cc1.Cl.